The number of ether oxygens (including phenoxy) is 3. The van der Waals surface area contributed by atoms with E-state index in [9.17, 15) is 14.0 Å². The van der Waals surface area contributed by atoms with E-state index in [-0.39, 0.29) is 35.5 Å². The second kappa shape index (κ2) is 8.24. The van der Waals surface area contributed by atoms with Gasteiger partial charge in [-0.05, 0) is 38.5 Å². The first-order chi connectivity index (χ1) is 15.6. The highest BCUT2D eigenvalue weighted by atomic mass is 19.1. The Balaban J connectivity index is 1.57. The van der Waals surface area contributed by atoms with Crippen molar-refractivity contribution in [2.45, 2.75) is 45.2 Å². The molecule has 0 radical (unpaired) electrons. The molecule has 2 aromatic carbocycles. The van der Waals surface area contributed by atoms with Gasteiger partial charge in [0.2, 0.25) is 6.23 Å². The summed E-state index contributed by atoms with van der Waals surface area (Å²) in [4.78, 5) is 25.4. The number of rotatable bonds is 3. The fraction of sp³-hybridized carbons (Fsp3) is 0.348. The van der Waals surface area contributed by atoms with Gasteiger partial charge in [-0.1, -0.05) is 12.1 Å². The monoisotopic (exact) mass is 457 g/mol. The maximum atomic E-state index is 15.3. The Hall–Kier alpha value is -3.87. The van der Waals surface area contributed by atoms with Crippen molar-refractivity contribution >= 4 is 12.2 Å². The van der Waals surface area contributed by atoms with E-state index >= 15 is 4.39 Å². The average Bonchev–Trinajstić information content (AvgIpc) is 3.05. The van der Waals surface area contributed by atoms with Crippen molar-refractivity contribution < 1.29 is 32.6 Å². The molecule has 0 aromatic heterocycles. The van der Waals surface area contributed by atoms with E-state index in [0.29, 0.717) is 5.56 Å². The van der Waals surface area contributed by atoms with E-state index in [1.807, 2.05) is 6.07 Å². The molecule has 172 valence electrons. The number of hydrogen-bond acceptors (Lipinski definition) is 6. The summed E-state index contributed by atoms with van der Waals surface area (Å²) in [7, 11) is 0. The molecule has 33 heavy (non-hydrogen) atoms. The number of alkyl carbamates (subject to hydrolysis) is 1. The van der Waals surface area contributed by atoms with Gasteiger partial charge in [-0.3, -0.25) is 4.90 Å². The Labute approximate surface area is 188 Å². The summed E-state index contributed by atoms with van der Waals surface area (Å²) in [5.41, 5.74) is -0.377. The van der Waals surface area contributed by atoms with Gasteiger partial charge in [0, 0.05) is 6.07 Å². The van der Waals surface area contributed by atoms with Crippen LogP contribution in [0.5, 0.6) is 5.75 Å². The van der Waals surface area contributed by atoms with Crippen molar-refractivity contribution in [2.24, 2.45) is 0 Å². The number of benzene rings is 2. The Morgan fingerprint density at radius 1 is 1.27 bits per heavy atom. The average molecular weight is 457 g/mol. The SMILES string of the molecule is CC(C)(C)OC(=O)NC[C@@H]1OC(=O)N2Cc3c(cc(F)c(-c4ccc(C#N)cc4)c3F)O[C@@H]12. The molecule has 1 saturated heterocycles. The molecule has 4 rings (SSSR count). The van der Waals surface area contributed by atoms with Crippen molar-refractivity contribution in [1.82, 2.24) is 10.2 Å². The van der Waals surface area contributed by atoms with Crippen LogP contribution in [0.25, 0.3) is 11.1 Å². The van der Waals surface area contributed by atoms with E-state index in [1.54, 1.807) is 20.8 Å². The number of hydrogen-bond donors (Lipinski definition) is 1. The van der Waals surface area contributed by atoms with Gasteiger partial charge in [-0.2, -0.15) is 5.26 Å². The molecule has 8 nitrogen and oxygen atoms in total. The molecular formula is C23H21F2N3O5. The standard InChI is InChI=1S/C23H21F2N3O5/c1-23(2,3)33-21(29)27-10-17-20-28(22(30)32-17)11-14-16(31-20)8-15(24)18(19(14)25)13-6-4-12(9-26)5-7-13/h4-8,17,20H,10-11H2,1-3H3,(H,27,29)/t17-,20-/m0/s1. The lowest BCUT2D eigenvalue weighted by atomic mass is 9.98. The molecule has 0 bridgehead atoms. The van der Waals surface area contributed by atoms with Gasteiger partial charge in [0.05, 0.1) is 35.8 Å². The van der Waals surface area contributed by atoms with Crippen LogP contribution in [-0.4, -0.2) is 41.6 Å². The van der Waals surface area contributed by atoms with E-state index in [1.165, 1.54) is 29.2 Å². The van der Waals surface area contributed by atoms with Crippen molar-refractivity contribution in [3.8, 4) is 22.9 Å². The highest BCUT2D eigenvalue weighted by Gasteiger charge is 2.47. The molecule has 0 aliphatic carbocycles. The molecular weight excluding hydrogens is 436 g/mol. The van der Waals surface area contributed by atoms with Gasteiger partial charge in [0.15, 0.2) is 6.10 Å². The van der Waals surface area contributed by atoms with Crippen molar-refractivity contribution in [3.05, 3.63) is 53.1 Å². The number of fused-ring (bicyclic) bond motifs is 2. The maximum Gasteiger partial charge on any atom is 0.413 e. The number of halogens is 2. The van der Waals surface area contributed by atoms with Crippen LogP contribution in [0.3, 0.4) is 0 Å². The molecule has 2 aliphatic heterocycles. The van der Waals surface area contributed by atoms with Crippen LogP contribution in [-0.2, 0) is 16.0 Å². The minimum atomic E-state index is -0.973. The van der Waals surface area contributed by atoms with Crippen LogP contribution in [0.15, 0.2) is 30.3 Å². The second-order valence-electron chi connectivity index (χ2n) is 8.65. The Morgan fingerprint density at radius 3 is 2.61 bits per heavy atom. The van der Waals surface area contributed by atoms with Crippen molar-refractivity contribution in [3.63, 3.8) is 0 Å². The molecule has 2 heterocycles. The zero-order valence-electron chi connectivity index (χ0n) is 18.1. The summed E-state index contributed by atoms with van der Waals surface area (Å²) >= 11 is 0. The third-order valence-corrected chi connectivity index (χ3v) is 5.12. The van der Waals surface area contributed by atoms with E-state index in [2.05, 4.69) is 5.32 Å². The predicted octanol–water partition coefficient (Wildman–Crippen LogP) is 4.07. The zero-order chi connectivity index (χ0) is 23.9. The number of cyclic esters (lactones) is 1. The number of amides is 2. The molecule has 0 saturated carbocycles. The van der Waals surface area contributed by atoms with Gasteiger partial charge < -0.3 is 19.5 Å². The first-order valence-corrected chi connectivity index (χ1v) is 10.2. The molecule has 2 amide bonds. The molecule has 1 N–H and O–H groups in total. The van der Waals surface area contributed by atoms with Crippen molar-refractivity contribution in [1.29, 1.82) is 5.26 Å². The molecule has 2 aromatic rings. The number of carbonyl (C=O) groups excluding carboxylic acids is 2. The van der Waals surface area contributed by atoms with Gasteiger partial charge in [0.1, 0.15) is 23.0 Å². The van der Waals surface area contributed by atoms with Crippen molar-refractivity contribution in [2.75, 3.05) is 6.54 Å². The fourth-order valence-electron chi connectivity index (χ4n) is 3.66. The number of nitrogens with zero attached hydrogens (tertiary/aromatic N) is 2. The maximum absolute atomic E-state index is 15.3. The van der Waals surface area contributed by atoms with Crippen LogP contribution in [0.1, 0.15) is 31.9 Å². The highest BCUT2D eigenvalue weighted by Crippen LogP contribution is 2.40. The largest absolute Gasteiger partial charge is 0.466 e. The predicted molar refractivity (Wildman–Crippen MR) is 111 cm³/mol. The summed E-state index contributed by atoms with van der Waals surface area (Å²) < 4.78 is 46.4. The molecule has 2 aliphatic rings. The van der Waals surface area contributed by atoms with E-state index in [4.69, 9.17) is 19.5 Å². The summed E-state index contributed by atoms with van der Waals surface area (Å²) in [6, 6.07) is 8.82. The number of nitriles is 1. The second-order valence-corrected chi connectivity index (χ2v) is 8.65. The van der Waals surface area contributed by atoms with Gasteiger partial charge in [-0.15, -0.1) is 0 Å². The Kier molecular flexibility index (Phi) is 5.57. The third-order valence-electron chi connectivity index (χ3n) is 5.12. The fourth-order valence-corrected chi connectivity index (χ4v) is 3.66. The lowest BCUT2D eigenvalue weighted by molar-refractivity contribution is 0.0133. The molecule has 2 atom stereocenters. The summed E-state index contributed by atoms with van der Waals surface area (Å²) in [5.74, 6) is -1.77. The lowest BCUT2D eigenvalue weighted by Gasteiger charge is -2.32. The van der Waals surface area contributed by atoms with E-state index in [0.717, 1.165) is 6.07 Å². The lowest BCUT2D eigenvalue weighted by Crippen LogP contribution is -2.48. The molecule has 0 unspecified atom stereocenters. The number of carbonyl (C=O) groups is 2. The minimum Gasteiger partial charge on any atom is -0.466 e. The van der Waals surface area contributed by atoms with Crippen LogP contribution in [0.4, 0.5) is 18.4 Å². The van der Waals surface area contributed by atoms with Crippen LogP contribution in [0, 0.1) is 23.0 Å². The van der Waals surface area contributed by atoms with Gasteiger partial charge in [-0.25, -0.2) is 18.4 Å². The third kappa shape index (κ3) is 4.39. The van der Waals surface area contributed by atoms with Crippen LogP contribution >= 0.6 is 0 Å². The molecule has 0 spiro atoms. The topological polar surface area (TPSA) is 101 Å². The zero-order valence-corrected chi connectivity index (χ0v) is 18.1. The number of nitrogens with one attached hydrogen (secondary N) is 1. The Bertz CT molecular complexity index is 1150. The smallest absolute Gasteiger partial charge is 0.413 e. The first kappa shape index (κ1) is 22.3. The summed E-state index contributed by atoms with van der Waals surface area (Å²) in [6.45, 7) is 4.82. The van der Waals surface area contributed by atoms with Gasteiger partial charge >= 0.3 is 12.2 Å². The van der Waals surface area contributed by atoms with E-state index < -0.39 is 41.8 Å². The highest BCUT2D eigenvalue weighted by molar-refractivity contribution is 5.73. The minimum absolute atomic E-state index is 0.00436. The van der Waals surface area contributed by atoms with Crippen LogP contribution < -0.4 is 10.1 Å². The quantitative estimate of drug-likeness (QED) is 0.746. The normalized spacial score (nSPS) is 19.0. The summed E-state index contributed by atoms with van der Waals surface area (Å²) in [5, 5.41) is 11.4. The summed E-state index contributed by atoms with van der Waals surface area (Å²) in [6.07, 6.45) is -3.32. The molecule has 1 fully saturated rings. The molecule has 10 heteroatoms. The first-order valence-electron chi connectivity index (χ1n) is 10.2. The van der Waals surface area contributed by atoms with Crippen LogP contribution in [0.2, 0.25) is 0 Å². The van der Waals surface area contributed by atoms with Gasteiger partial charge in [0.25, 0.3) is 0 Å². The Morgan fingerprint density at radius 2 is 1.97 bits per heavy atom.